The first-order valence-electron chi connectivity index (χ1n) is 11.3. The molecule has 0 aliphatic carbocycles. The van der Waals surface area contributed by atoms with Crippen molar-refractivity contribution in [3.8, 4) is 11.5 Å². The molecule has 0 saturated heterocycles. The molecule has 6 heteroatoms. The Morgan fingerprint density at radius 3 is 2.39 bits per heavy atom. The van der Waals surface area contributed by atoms with E-state index in [0.717, 1.165) is 17.7 Å². The number of unbranched alkanes of at least 4 members (excludes halogenated alkanes) is 6. The van der Waals surface area contributed by atoms with E-state index in [0.29, 0.717) is 24.7 Å². The van der Waals surface area contributed by atoms with E-state index in [-0.39, 0.29) is 0 Å². The van der Waals surface area contributed by atoms with E-state index in [1.165, 1.54) is 38.5 Å². The van der Waals surface area contributed by atoms with Gasteiger partial charge in [-0.25, -0.2) is 10.2 Å². The second kappa shape index (κ2) is 14.9. The van der Waals surface area contributed by atoms with Crippen LogP contribution in [0.3, 0.4) is 0 Å². The predicted octanol–water partition coefficient (Wildman–Crippen LogP) is 6.37. The third kappa shape index (κ3) is 10.0. The first-order valence-corrected chi connectivity index (χ1v) is 11.3. The quantitative estimate of drug-likeness (QED) is 0.210. The Morgan fingerprint density at radius 2 is 1.65 bits per heavy atom. The van der Waals surface area contributed by atoms with Crippen molar-refractivity contribution in [1.82, 2.24) is 5.43 Å². The van der Waals surface area contributed by atoms with Crippen LogP contribution in [0.15, 0.2) is 53.6 Å². The molecular formula is C25H35N3O3. The molecular weight excluding hydrogens is 390 g/mol. The third-order valence-corrected chi connectivity index (χ3v) is 4.68. The molecule has 0 unspecified atom stereocenters. The van der Waals surface area contributed by atoms with Crippen molar-refractivity contribution in [2.75, 3.05) is 18.5 Å². The van der Waals surface area contributed by atoms with E-state index in [1.807, 2.05) is 55.5 Å². The van der Waals surface area contributed by atoms with Crippen LogP contribution in [0.5, 0.6) is 11.5 Å². The summed E-state index contributed by atoms with van der Waals surface area (Å²) >= 11 is 0. The molecule has 0 atom stereocenters. The SMILES string of the molecule is CCCCCCCCCOc1ccc(/C=N/NC(=O)Nc2ccccc2)cc1OCC. The van der Waals surface area contributed by atoms with Gasteiger partial charge in [-0.1, -0.05) is 63.6 Å². The normalized spacial score (nSPS) is 10.8. The molecule has 0 fully saturated rings. The zero-order valence-electron chi connectivity index (χ0n) is 18.7. The van der Waals surface area contributed by atoms with E-state index < -0.39 is 6.03 Å². The molecule has 168 valence electrons. The summed E-state index contributed by atoms with van der Waals surface area (Å²) in [6.45, 7) is 5.41. The summed E-state index contributed by atoms with van der Waals surface area (Å²) in [6.07, 6.45) is 10.3. The number of rotatable bonds is 14. The van der Waals surface area contributed by atoms with Gasteiger partial charge in [0, 0.05) is 5.69 Å². The molecule has 0 heterocycles. The summed E-state index contributed by atoms with van der Waals surface area (Å²) in [7, 11) is 0. The summed E-state index contributed by atoms with van der Waals surface area (Å²) in [6, 6.07) is 14.5. The van der Waals surface area contributed by atoms with Gasteiger partial charge in [-0.3, -0.25) is 0 Å². The minimum absolute atomic E-state index is 0.401. The number of para-hydroxylation sites is 1. The monoisotopic (exact) mass is 425 g/mol. The van der Waals surface area contributed by atoms with Crippen LogP contribution in [0, 0.1) is 0 Å². The minimum atomic E-state index is -0.401. The molecule has 0 aliphatic rings. The first-order chi connectivity index (χ1) is 15.2. The molecule has 31 heavy (non-hydrogen) atoms. The largest absolute Gasteiger partial charge is 0.490 e. The van der Waals surface area contributed by atoms with Crippen molar-refractivity contribution in [3.63, 3.8) is 0 Å². The number of benzene rings is 2. The van der Waals surface area contributed by atoms with Crippen LogP contribution in [0.25, 0.3) is 0 Å². The molecule has 0 spiro atoms. The Bertz CT molecular complexity index is 794. The van der Waals surface area contributed by atoms with Crippen LogP contribution >= 0.6 is 0 Å². The zero-order chi connectivity index (χ0) is 22.2. The van der Waals surface area contributed by atoms with Crippen molar-refractivity contribution >= 4 is 17.9 Å². The Morgan fingerprint density at radius 1 is 0.903 bits per heavy atom. The summed E-state index contributed by atoms with van der Waals surface area (Å²) < 4.78 is 11.7. The Labute approximate surface area is 186 Å². The molecule has 2 aromatic rings. The maximum Gasteiger partial charge on any atom is 0.339 e. The molecule has 0 saturated carbocycles. The van der Waals surface area contributed by atoms with Crippen molar-refractivity contribution in [1.29, 1.82) is 0 Å². The van der Waals surface area contributed by atoms with Crippen LogP contribution in [0.1, 0.15) is 64.4 Å². The highest BCUT2D eigenvalue weighted by Crippen LogP contribution is 2.28. The van der Waals surface area contributed by atoms with Gasteiger partial charge in [0.2, 0.25) is 0 Å². The molecule has 0 aromatic heterocycles. The van der Waals surface area contributed by atoms with E-state index in [1.54, 1.807) is 6.21 Å². The Kier molecular flexibility index (Phi) is 11.6. The van der Waals surface area contributed by atoms with Crippen molar-refractivity contribution in [3.05, 3.63) is 54.1 Å². The number of carbonyl (C=O) groups is 1. The lowest BCUT2D eigenvalue weighted by Gasteiger charge is -2.12. The maximum absolute atomic E-state index is 11.9. The number of nitrogens with zero attached hydrogens (tertiary/aromatic N) is 1. The van der Waals surface area contributed by atoms with Gasteiger partial charge in [0.1, 0.15) is 0 Å². The number of hydrogen-bond donors (Lipinski definition) is 2. The van der Waals surface area contributed by atoms with Crippen LogP contribution in [-0.4, -0.2) is 25.5 Å². The van der Waals surface area contributed by atoms with Crippen molar-refractivity contribution in [2.45, 2.75) is 58.8 Å². The smallest absolute Gasteiger partial charge is 0.339 e. The van der Waals surface area contributed by atoms with Gasteiger partial charge >= 0.3 is 6.03 Å². The van der Waals surface area contributed by atoms with Crippen LogP contribution < -0.4 is 20.2 Å². The Balaban J connectivity index is 1.79. The van der Waals surface area contributed by atoms with E-state index in [4.69, 9.17) is 9.47 Å². The summed E-state index contributed by atoms with van der Waals surface area (Å²) in [5, 5.41) is 6.71. The molecule has 0 radical (unpaired) electrons. The molecule has 0 bridgehead atoms. The molecule has 2 aromatic carbocycles. The predicted molar refractivity (Wildman–Crippen MR) is 127 cm³/mol. The first kappa shape index (κ1) is 24.3. The standard InChI is InChI=1S/C25H35N3O3/c1-3-5-6-7-8-9-13-18-31-23-17-16-21(19-24(23)30-4-2)20-26-28-25(29)27-22-14-11-10-12-15-22/h10-12,14-17,19-20H,3-9,13,18H2,1-2H3,(H2,27,28,29)/b26-20+. The average molecular weight is 426 g/mol. The second-order valence-corrected chi connectivity index (χ2v) is 7.30. The topological polar surface area (TPSA) is 72.0 Å². The fraction of sp³-hybridized carbons (Fsp3) is 0.440. The van der Waals surface area contributed by atoms with Crippen molar-refractivity contribution < 1.29 is 14.3 Å². The number of carbonyl (C=O) groups excluding carboxylic acids is 1. The number of nitrogens with one attached hydrogen (secondary N) is 2. The van der Waals surface area contributed by atoms with Gasteiger partial charge in [-0.15, -0.1) is 0 Å². The van der Waals surface area contributed by atoms with Gasteiger partial charge in [-0.05, 0) is 49.2 Å². The van der Waals surface area contributed by atoms with E-state index in [2.05, 4.69) is 22.8 Å². The molecule has 2 rings (SSSR count). The lowest BCUT2D eigenvalue weighted by Crippen LogP contribution is -2.24. The molecule has 2 amide bonds. The fourth-order valence-corrected chi connectivity index (χ4v) is 3.08. The number of anilines is 1. The van der Waals surface area contributed by atoms with Gasteiger partial charge in [0.25, 0.3) is 0 Å². The lowest BCUT2D eigenvalue weighted by atomic mass is 10.1. The number of urea groups is 1. The van der Waals surface area contributed by atoms with Crippen LogP contribution in [0.2, 0.25) is 0 Å². The zero-order valence-corrected chi connectivity index (χ0v) is 18.7. The highest BCUT2D eigenvalue weighted by Gasteiger charge is 2.06. The molecule has 6 nitrogen and oxygen atoms in total. The highest BCUT2D eigenvalue weighted by atomic mass is 16.5. The molecule has 0 aliphatic heterocycles. The molecule has 2 N–H and O–H groups in total. The summed E-state index contributed by atoms with van der Waals surface area (Å²) in [5.41, 5.74) is 3.98. The van der Waals surface area contributed by atoms with Crippen LogP contribution in [-0.2, 0) is 0 Å². The minimum Gasteiger partial charge on any atom is -0.490 e. The fourth-order valence-electron chi connectivity index (χ4n) is 3.08. The average Bonchev–Trinajstić information content (AvgIpc) is 2.77. The van der Waals surface area contributed by atoms with Crippen molar-refractivity contribution in [2.24, 2.45) is 5.10 Å². The number of ether oxygens (including phenoxy) is 2. The van der Waals surface area contributed by atoms with Gasteiger partial charge in [0.05, 0.1) is 19.4 Å². The van der Waals surface area contributed by atoms with Gasteiger partial charge in [-0.2, -0.15) is 5.10 Å². The number of amides is 2. The van der Waals surface area contributed by atoms with Gasteiger partial charge < -0.3 is 14.8 Å². The maximum atomic E-state index is 11.9. The third-order valence-electron chi connectivity index (χ3n) is 4.68. The highest BCUT2D eigenvalue weighted by molar-refractivity contribution is 5.90. The summed E-state index contributed by atoms with van der Waals surface area (Å²) in [4.78, 5) is 11.9. The number of hydrogen-bond acceptors (Lipinski definition) is 4. The van der Waals surface area contributed by atoms with Crippen LogP contribution in [0.4, 0.5) is 10.5 Å². The van der Waals surface area contributed by atoms with Gasteiger partial charge in [0.15, 0.2) is 11.5 Å². The van der Waals surface area contributed by atoms with E-state index >= 15 is 0 Å². The lowest BCUT2D eigenvalue weighted by molar-refractivity contribution is 0.252. The van der Waals surface area contributed by atoms with E-state index in [9.17, 15) is 4.79 Å². The Hall–Kier alpha value is -3.02. The number of hydrazone groups is 1. The summed E-state index contributed by atoms with van der Waals surface area (Å²) in [5.74, 6) is 1.42. The second-order valence-electron chi connectivity index (χ2n) is 7.30.